The van der Waals surface area contributed by atoms with Crippen LogP contribution in [0.5, 0.6) is 11.5 Å². The van der Waals surface area contributed by atoms with Gasteiger partial charge < -0.3 is 24.7 Å². The molecule has 2 amide bonds. The summed E-state index contributed by atoms with van der Waals surface area (Å²) in [7, 11) is 1.83. The van der Waals surface area contributed by atoms with Crippen molar-refractivity contribution in [3.63, 3.8) is 0 Å². The first-order valence-electron chi connectivity index (χ1n) is 9.74. The van der Waals surface area contributed by atoms with E-state index in [9.17, 15) is 9.59 Å². The Labute approximate surface area is 193 Å². The van der Waals surface area contributed by atoms with Gasteiger partial charge in [-0.1, -0.05) is 23.4 Å². The van der Waals surface area contributed by atoms with Gasteiger partial charge in [0.25, 0.3) is 5.91 Å². The average molecular weight is 474 g/mol. The SMILES string of the molecule is Cn1c(CCNC(=O)c2ccc(Cl)cc2)nnc1SCC(=O)Nc1ccc2c(c1)OCO2. The van der Waals surface area contributed by atoms with Crippen LogP contribution in [-0.4, -0.2) is 45.7 Å². The van der Waals surface area contributed by atoms with Crippen LogP contribution in [0.3, 0.4) is 0 Å². The largest absolute Gasteiger partial charge is 0.454 e. The van der Waals surface area contributed by atoms with E-state index in [1.165, 1.54) is 11.8 Å². The van der Waals surface area contributed by atoms with E-state index in [2.05, 4.69) is 20.8 Å². The summed E-state index contributed by atoms with van der Waals surface area (Å²) in [5.41, 5.74) is 1.17. The zero-order valence-electron chi connectivity index (χ0n) is 17.1. The molecule has 0 spiro atoms. The van der Waals surface area contributed by atoms with E-state index < -0.39 is 0 Å². The minimum atomic E-state index is -0.182. The van der Waals surface area contributed by atoms with E-state index in [-0.39, 0.29) is 24.4 Å². The van der Waals surface area contributed by atoms with Gasteiger partial charge in [-0.3, -0.25) is 9.59 Å². The molecule has 1 aliphatic heterocycles. The Balaban J connectivity index is 1.24. The smallest absolute Gasteiger partial charge is 0.251 e. The highest BCUT2D eigenvalue weighted by atomic mass is 35.5. The van der Waals surface area contributed by atoms with Crippen LogP contribution in [0, 0.1) is 0 Å². The van der Waals surface area contributed by atoms with Crippen molar-refractivity contribution in [2.75, 3.05) is 24.4 Å². The number of anilines is 1. The zero-order valence-corrected chi connectivity index (χ0v) is 18.7. The summed E-state index contributed by atoms with van der Waals surface area (Å²) in [6, 6.07) is 11.9. The van der Waals surface area contributed by atoms with Crippen LogP contribution in [-0.2, 0) is 18.3 Å². The van der Waals surface area contributed by atoms with Gasteiger partial charge in [-0.15, -0.1) is 10.2 Å². The van der Waals surface area contributed by atoms with Crippen LogP contribution < -0.4 is 20.1 Å². The van der Waals surface area contributed by atoms with Gasteiger partial charge in [-0.25, -0.2) is 0 Å². The predicted molar refractivity (Wildman–Crippen MR) is 120 cm³/mol. The number of hydrogen-bond donors (Lipinski definition) is 2. The number of carbonyl (C=O) groups is 2. The second-order valence-corrected chi connectivity index (χ2v) is 8.25. The topological polar surface area (TPSA) is 107 Å². The van der Waals surface area contributed by atoms with E-state index in [0.29, 0.717) is 51.7 Å². The number of halogens is 1. The molecule has 1 aliphatic rings. The third-order valence-electron chi connectivity index (χ3n) is 4.65. The highest BCUT2D eigenvalue weighted by Crippen LogP contribution is 2.34. The standard InChI is InChI=1S/C21H20ClN5O4S/c1-27-18(8-9-23-20(29)13-2-4-14(22)5-3-13)25-26-21(27)32-11-19(28)24-15-6-7-16-17(10-15)31-12-30-16/h2-7,10H,8-9,11-12H2,1H3,(H,23,29)(H,24,28). The molecule has 9 nitrogen and oxygen atoms in total. The number of nitrogens with zero attached hydrogens (tertiary/aromatic N) is 3. The highest BCUT2D eigenvalue weighted by Gasteiger charge is 2.15. The molecule has 0 unspecified atom stereocenters. The maximum Gasteiger partial charge on any atom is 0.251 e. The second kappa shape index (κ2) is 9.92. The maximum atomic E-state index is 12.3. The van der Waals surface area contributed by atoms with Gasteiger partial charge in [0.2, 0.25) is 12.7 Å². The fourth-order valence-corrected chi connectivity index (χ4v) is 3.84. The van der Waals surface area contributed by atoms with Gasteiger partial charge in [0.1, 0.15) is 5.82 Å². The molecule has 1 aromatic heterocycles. The number of nitrogens with one attached hydrogen (secondary N) is 2. The van der Waals surface area contributed by atoms with Gasteiger partial charge in [0, 0.05) is 42.4 Å². The number of hydrogen-bond acceptors (Lipinski definition) is 7. The summed E-state index contributed by atoms with van der Waals surface area (Å²) in [6.07, 6.45) is 0.507. The fourth-order valence-electron chi connectivity index (χ4n) is 2.98. The van der Waals surface area contributed by atoms with Gasteiger partial charge in [-0.05, 0) is 36.4 Å². The first-order valence-corrected chi connectivity index (χ1v) is 11.1. The summed E-state index contributed by atoms with van der Waals surface area (Å²) >= 11 is 7.12. The molecule has 32 heavy (non-hydrogen) atoms. The minimum absolute atomic E-state index is 0.173. The Morgan fingerprint density at radius 3 is 2.72 bits per heavy atom. The van der Waals surface area contributed by atoms with Crippen molar-refractivity contribution >= 4 is 40.9 Å². The molecule has 0 saturated carbocycles. The Morgan fingerprint density at radius 1 is 1.12 bits per heavy atom. The van der Waals surface area contributed by atoms with Gasteiger partial charge in [-0.2, -0.15) is 0 Å². The molecule has 0 fully saturated rings. The van der Waals surface area contributed by atoms with Crippen molar-refractivity contribution in [3.05, 3.63) is 58.9 Å². The van der Waals surface area contributed by atoms with Crippen LogP contribution >= 0.6 is 23.4 Å². The lowest BCUT2D eigenvalue weighted by atomic mass is 10.2. The van der Waals surface area contributed by atoms with E-state index in [1.54, 1.807) is 42.5 Å². The third-order valence-corrected chi connectivity index (χ3v) is 5.93. The van der Waals surface area contributed by atoms with Crippen LogP contribution in [0.1, 0.15) is 16.2 Å². The molecule has 0 radical (unpaired) electrons. The third kappa shape index (κ3) is 5.32. The predicted octanol–water partition coefficient (Wildman–Crippen LogP) is 2.90. The number of fused-ring (bicyclic) bond motifs is 1. The molecule has 4 rings (SSSR count). The molecule has 0 saturated heterocycles. The summed E-state index contributed by atoms with van der Waals surface area (Å²) in [5.74, 6) is 1.80. The van der Waals surface area contributed by atoms with E-state index in [0.717, 1.165) is 0 Å². The van der Waals surface area contributed by atoms with Crippen molar-refractivity contribution in [3.8, 4) is 11.5 Å². The van der Waals surface area contributed by atoms with Crippen LogP contribution in [0.2, 0.25) is 5.02 Å². The molecule has 166 valence electrons. The summed E-state index contributed by atoms with van der Waals surface area (Å²) in [5, 5.41) is 15.2. The first kappa shape index (κ1) is 22.0. The molecule has 0 bridgehead atoms. The van der Waals surface area contributed by atoms with Crippen LogP contribution in [0.15, 0.2) is 47.6 Å². The van der Waals surface area contributed by atoms with Crippen molar-refractivity contribution in [1.29, 1.82) is 0 Å². The van der Waals surface area contributed by atoms with Gasteiger partial charge >= 0.3 is 0 Å². The average Bonchev–Trinajstić information content (AvgIpc) is 3.39. The van der Waals surface area contributed by atoms with Crippen molar-refractivity contribution in [2.45, 2.75) is 11.6 Å². The summed E-state index contributed by atoms with van der Waals surface area (Å²) < 4.78 is 12.4. The van der Waals surface area contributed by atoms with Crippen molar-refractivity contribution in [1.82, 2.24) is 20.1 Å². The molecular weight excluding hydrogens is 454 g/mol. The molecule has 0 atom stereocenters. The molecule has 11 heteroatoms. The van der Waals surface area contributed by atoms with Crippen molar-refractivity contribution < 1.29 is 19.1 Å². The Bertz CT molecular complexity index is 1140. The summed E-state index contributed by atoms with van der Waals surface area (Å²) in [4.78, 5) is 24.5. The van der Waals surface area contributed by atoms with E-state index >= 15 is 0 Å². The van der Waals surface area contributed by atoms with E-state index in [1.807, 2.05) is 11.6 Å². The van der Waals surface area contributed by atoms with E-state index in [4.69, 9.17) is 21.1 Å². The van der Waals surface area contributed by atoms with Crippen molar-refractivity contribution in [2.24, 2.45) is 7.05 Å². The Morgan fingerprint density at radius 2 is 1.91 bits per heavy atom. The lowest BCUT2D eigenvalue weighted by molar-refractivity contribution is -0.113. The summed E-state index contributed by atoms with van der Waals surface area (Å²) in [6.45, 7) is 0.588. The number of amides is 2. The molecular formula is C21H20ClN5O4S. The molecule has 3 aromatic rings. The number of rotatable bonds is 8. The number of aromatic nitrogens is 3. The normalized spacial score (nSPS) is 11.9. The Kier molecular flexibility index (Phi) is 6.81. The zero-order chi connectivity index (χ0) is 22.5. The second-order valence-electron chi connectivity index (χ2n) is 6.88. The quantitative estimate of drug-likeness (QED) is 0.484. The monoisotopic (exact) mass is 473 g/mol. The van der Waals surface area contributed by atoms with Crippen LogP contribution in [0.25, 0.3) is 0 Å². The molecule has 0 aliphatic carbocycles. The van der Waals surface area contributed by atoms with Gasteiger partial charge in [0.15, 0.2) is 16.7 Å². The highest BCUT2D eigenvalue weighted by molar-refractivity contribution is 7.99. The number of carbonyl (C=O) groups excluding carboxylic acids is 2. The maximum absolute atomic E-state index is 12.3. The van der Waals surface area contributed by atoms with Crippen LogP contribution in [0.4, 0.5) is 5.69 Å². The lowest BCUT2D eigenvalue weighted by Gasteiger charge is -2.07. The minimum Gasteiger partial charge on any atom is -0.454 e. The van der Waals surface area contributed by atoms with Gasteiger partial charge in [0.05, 0.1) is 5.75 Å². The number of benzene rings is 2. The fraction of sp³-hybridized carbons (Fsp3) is 0.238. The number of ether oxygens (including phenoxy) is 2. The Hall–Kier alpha value is -3.24. The molecule has 2 heterocycles. The lowest BCUT2D eigenvalue weighted by Crippen LogP contribution is -2.26. The molecule has 2 aromatic carbocycles. The first-order chi connectivity index (χ1) is 15.5. The molecule has 2 N–H and O–H groups in total. The number of thioether (sulfide) groups is 1.